The Labute approximate surface area is 101 Å². The van der Waals surface area contributed by atoms with Crippen LogP contribution in [0.5, 0.6) is 0 Å². The number of nitrogens with zero attached hydrogens (tertiary/aromatic N) is 1. The van der Waals surface area contributed by atoms with Crippen molar-refractivity contribution in [3.63, 3.8) is 0 Å². The second kappa shape index (κ2) is 5.31. The molecule has 5 nitrogen and oxygen atoms in total. The van der Waals surface area contributed by atoms with Crippen LogP contribution in [0.3, 0.4) is 0 Å². The normalized spacial score (nSPS) is 23.9. The SMILES string of the molecule is CCCc1cc(NC(=O)C2COC(C)C2)n[nH]1. The van der Waals surface area contributed by atoms with Gasteiger partial charge in [-0.1, -0.05) is 13.3 Å². The van der Waals surface area contributed by atoms with Crippen LogP contribution in [0.25, 0.3) is 0 Å². The molecule has 2 heterocycles. The predicted octanol–water partition coefficient (Wildman–Crippen LogP) is 1.73. The van der Waals surface area contributed by atoms with E-state index >= 15 is 0 Å². The number of hydrogen-bond acceptors (Lipinski definition) is 3. The van der Waals surface area contributed by atoms with Crippen molar-refractivity contribution >= 4 is 11.7 Å². The van der Waals surface area contributed by atoms with Crippen LogP contribution < -0.4 is 5.32 Å². The molecule has 0 bridgehead atoms. The zero-order valence-electron chi connectivity index (χ0n) is 10.3. The number of ether oxygens (including phenoxy) is 1. The third kappa shape index (κ3) is 3.06. The van der Waals surface area contributed by atoms with E-state index in [9.17, 15) is 4.79 Å². The summed E-state index contributed by atoms with van der Waals surface area (Å²) in [4.78, 5) is 11.9. The lowest BCUT2D eigenvalue weighted by atomic mass is 10.1. The van der Waals surface area contributed by atoms with E-state index in [1.165, 1.54) is 0 Å². The minimum Gasteiger partial charge on any atom is -0.378 e. The summed E-state index contributed by atoms with van der Waals surface area (Å²) in [5.74, 6) is 0.568. The summed E-state index contributed by atoms with van der Waals surface area (Å²) >= 11 is 0. The molecule has 2 rings (SSSR count). The Balaban J connectivity index is 1.89. The van der Waals surface area contributed by atoms with Crippen LogP contribution >= 0.6 is 0 Å². The fourth-order valence-electron chi connectivity index (χ4n) is 2.05. The second-order valence-electron chi connectivity index (χ2n) is 4.59. The summed E-state index contributed by atoms with van der Waals surface area (Å²) in [5, 5.41) is 9.80. The van der Waals surface area contributed by atoms with Crippen LogP contribution in [0.15, 0.2) is 6.07 Å². The number of aryl methyl sites for hydroxylation is 1. The number of hydrogen-bond donors (Lipinski definition) is 2. The number of anilines is 1. The quantitative estimate of drug-likeness (QED) is 0.838. The smallest absolute Gasteiger partial charge is 0.231 e. The second-order valence-corrected chi connectivity index (χ2v) is 4.59. The van der Waals surface area contributed by atoms with Gasteiger partial charge in [0.25, 0.3) is 0 Å². The third-order valence-electron chi connectivity index (χ3n) is 2.97. The molecule has 5 heteroatoms. The van der Waals surface area contributed by atoms with E-state index in [1.54, 1.807) is 0 Å². The van der Waals surface area contributed by atoms with E-state index in [-0.39, 0.29) is 17.9 Å². The predicted molar refractivity (Wildman–Crippen MR) is 64.7 cm³/mol. The van der Waals surface area contributed by atoms with Crippen LogP contribution in [0, 0.1) is 5.92 Å². The Morgan fingerprint density at radius 2 is 2.53 bits per heavy atom. The number of nitrogens with one attached hydrogen (secondary N) is 2. The van der Waals surface area contributed by atoms with E-state index in [0.717, 1.165) is 25.0 Å². The van der Waals surface area contributed by atoms with Crippen molar-refractivity contribution in [2.45, 2.75) is 39.2 Å². The maximum absolute atomic E-state index is 11.9. The monoisotopic (exact) mass is 237 g/mol. The molecule has 0 radical (unpaired) electrons. The fraction of sp³-hybridized carbons (Fsp3) is 0.667. The van der Waals surface area contributed by atoms with Gasteiger partial charge in [0.15, 0.2) is 5.82 Å². The molecule has 17 heavy (non-hydrogen) atoms. The number of rotatable bonds is 4. The molecular weight excluding hydrogens is 218 g/mol. The highest BCUT2D eigenvalue weighted by Gasteiger charge is 2.28. The van der Waals surface area contributed by atoms with Crippen LogP contribution in [-0.2, 0) is 16.0 Å². The summed E-state index contributed by atoms with van der Waals surface area (Å²) in [7, 11) is 0. The average molecular weight is 237 g/mol. The highest BCUT2D eigenvalue weighted by molar-refractivity contribution is 5.91. The third-order valence-corrected chi connectivity index (χ3v) is 2.97. The van der Waals surface area contributed by atoms with Gasteiger partial charge in [0.05, 0.1) is 18.6 Å². The molecule has 0 saturated carbocycles. The molecule has 1 amide bonds. The first-order valence-corrected chi connectivity index (χ1v) is 6.15. The van der Waals surface area contributed by atoms with Crippen LogP contribution in [-0.4, -0.2) is 28.8 Å². The number of carbonyl (C=O) groups excluding carboxylic acids is 1. The van der Waals surface area contributed by atoms with Crippen LogP contribution in [0.4, 0.5) is 5.82 Å². The first kappa shape index (κ1) is 12.1. The van der Waals surface area contributed by atoms with Gasteiger partial charge in [0.2, 0.25) is 5.91 Å². The van der Waals surface area contributed by atoms with Crippen molar-refractivity contribution in [3.05, 3.63) is 11.8 Å². The number of carbonyl (C=O) groups is 1. The van der Waals surface area contributed by atoms with Gasteiger partial charge in [-0.2, -0.15) is 5.10 Å². The van der Waals surface area contributed by atoms with Crippen molar-refractivity contribution in [1.29, 1.82) is 0 Å². The molecule has 2 unspecified atom stereocenters. The van der Waals surface area contributed by atoms with Gasteiger partial charge in [-0.25, -0.2) is 0 Å². The van der Waals surface area contributed by atoms with Gasteiger partial charge < -0.3 is 10.1 Å². The zero-order chi connectivity index (χ0) is 12.3. The Morgan fingerprint density at radius 1 is 1.71 bits per heavy atom. The van der Waals surface area contributed by atoms with Crippen LogP contribution in [0.1, 0.15) is 32.4 Å². The Bertz CT molecular complexity index is 389. The summed E-state index contributed by atoms with van der Waals surface area (Å²) in [6, 6.07) is 1.89. The molecule has 2 N–H and O–H groups in total. The van der Waals surface area contributed by atoms with E-state index in [4.69, 9.17) is 4.74 Å². The molecule has 1 aliphatic rings. The van der Waals surface area contributed by atoms with Gasteiger partial charge in [0, 0.05) is 11.8 Å². The molecule has 1 fully saturated rings. The molecule has 1 saturated heterocycles. The van der Waals surface area contributed by atoms with Crippen molar-refractivity contribution < 1.29 is 9.53 Å². The molecule has 1 aromatic heterocycles. The standard InChI is InChI=1S/C12H19N3O2/c1-3-4-10-6-11(15-14-10)13-12(16)9-5-8(2)17-7-9/h6,8-9H,3-5,7H2,1-2H3,(H2,13,14,15,16). The van der Waals surface area contributed by atoms with Gasteiger partial charge in [-0.15, -0.1) is 0 Å². The zero-order valence-corrected chi connectivity index (χ0v) is 10.3. The number of aromatic nitrogens is 2. The minimum absolute atomic E-state index is 0.00361. The number of H-pyrrole nitrogens is 1. The molecule has 94 valence electrons. The largest absolute Gasteiger partial charge is 0.378 e. The van der Waals surface area contributed by atoms with E-state index in [2.05, 4.69) is 22.4 Å². The molecule has 1 aromatic rings. The lowest BCUT2D eigenvalue weighted by Crippen LogP contribution is -2.23. The summed E-state index contributed by atoms with van der Waals surface area (Å²) in [6.07, 6.45) is 2.98. The van der Waals surface area contributed by atoms with E-state index in [0.29, 0.717) is 12.4 Å². The first-order valence-electron chi connectivity index (χ1n) is 6.15. The van der Waals surface area contributed by atoms with Gasteiger partial charge in [0.1, 0.15) is 0 Å². The number of amides is 1. The first-order chi connectivity index (χ1) is 8.19. The molecular formula is C12H19N3O2. The van der Waals surface area contributed by atoms with Gasteiger partial charge in [-0.3, -0.25) is 9.89 Å². The Morgan fingerprint density at radius 3 is 3.18 bits per heavy atom. The molecule has 0 spiro atoms. The molecule has 2 atom stereocenters. The Kier molecular flexibility index (Phi) is 3.78. The highest BCUT2D eigenvalue weighted by atomic mass is 16.5. The van der Waals surface area contributed by atoms with Crippen molar-refractivity contribution in [2.75, 3.05) is 11.9 Å². The van der Waals surface area contributed by atoms with E-state index in [1.807, 2.05) is 13.0 Å². The molecule has 0 aliphatic carbocycles. The van der Waals surface area contributed by atoms with Crippen molar-refractivity contribution in [2.24, 2.45) is 5.92 Å². The minimum atomic E-state index is -0.0451. The summed E-state index contributed by atoms with van der Waals surface area (Å²) in [6.45, 7) is 4.61. The maximum Gasteiger partial charge on any atom is 0.231 e. The van der Waals surface area contributed by atoms with Crippen LogP contribution in [0.2, 0.25) is 0 Å². The summed E-state index contributed by atoms with van der Waals surface area (Å²) in [5.41, 5.74) is 1.05. The fourth-order valence-corrected chi connectivity index (χ4v) is 2.05. The van der Waals surface area contributed by atoms with E-state index < -0.39 is 0 Å². The van der Waals surface area contributed by atoms with Crippen molar-refractivity contribution in [1.82, 2.24) is 10.2 Å². The summed E-state index contributed by atoms with van der Waals surface area (Å²) < 4.78 is 5.38. The molecule has 1 aliphatic heterocycles. The van der Waals surface area contributed by atoms with Crippen molar-refractivity contribution in [3.8, 4) is 0 Å². The average Bonchev–Trinajstić information content (AvgIpc) is 2.88. The van der Waals surface area contributed by atoms with Gasteiger partial charge >= 0.3 is 0 Å². The van der Waals surface area contributed by atoms with Gasteiger partial charge in [-0.05, 0) is 19.8 Å². The lowest BCUT2D eigenvalue weighted by molar-refractivity contribution is -0.119. The topological polar surface area (TPSA) is 67.0 Å². The lowest BCUT2D eigenvalue weighted by Gasteiger charge is -2.06. The number of aromatic amines is 1. The molecule has 0 aromatic carbocycles. The maximum atomic E-state index is 11.9. The highest BCUT2D eigenvalue weighted by Crippen LogP contribution is 2.20. The Hall–Kier alpha value is -1.36.